The first-order chi connectivity index (χ1) is 9.65. The number of hydrogen-bond donors (Lipinski definition) is 0. The lowest BCUT2D eigenvalue weighted by atomic mass is 9.84. The van der Waals surface area contributed by atoms with Crippen LogP contribution in [-0.4, -0.2) is 53.4 Å². The molecule has 0 N–H and O–H groups in total. The van der Waals surface area contributed by atoms with E-state index in [1.165, 1.54) is 19.4 Å². The minimum absolute atomic E-state index is 0.122. The molecule has 0 radical (unpaired) electrons. The van der Waals surface area contributed by atoms with E-state index in [0.29, 0.717) is 17.5 Å². The highest BCUT2D eigenvalue weighted by atomic mass is 79.9. The fourth-order valence-corrected chi connectivity index (χ4v) is 3.76. The van der Waals surface area contributed by atoms with Gasteiger partial charge in [-0.15, -0.1) is 0 Å². The number of nitrogens with zero attached hydrogens (tertiary/aromatic N) is 3. The van der Waals surface area contributed by atoms with Gasteiger partial charge in [0.15, 0.2) is 0 Å². The molecule has 20 heavy (non-hydrogen) atoms. The predicted molar refractivity (Wildman–Crippen MR) is 81.6 cm³/mol. The molecule has 2 unspecified atom stereocenters. The van der Waals surface area contributed by atoms with E-state index in [0.717, 1.165) is 24.1 Å². The van der Waals surface area contributed by atoms with Gasteiger partial charge in [-0.25, -0.2) is 4.98 Å². The number of halogens is 1. The Kier molecular flexibility index (Phi) is 4.08. The number of carbonyl (C=O) groups excluding carboxylic acids is 1. The molecule has 5 heteroatoms. The molecule has 4 nitrogen and oxygen atoms in total. The number of aromatic nitrogens is 1. The molecular formula is C15H20BrN3O. The van der Waals surface area contributed by atoms with Crippen LogP contribution in [0, 0.1) is 5.92 Å². The number of hydrogen-bond acceptors (Lipinski definition) is 3. The molecule has 3 rings (SSSR count). The molecule has 1 amide bonds. The van der Waals surface area contributed by atoms with E-state index in [1.54, 1.807) is 6.20 Å². The number of pyridine rings is 1. The highest BCUT2D eigenvalue weighted by Crippen LogP contribution is 2.30. The van der Waals surface area contributed by atoms with Crippen molar-refractivity contribution in [1.82, 2.24) is 14.8 Å². The maximum atomic E-state index is 12.5. The first-order valence-corrected chi connectivity index (χ1v) is 8.05. The number of carbonyl (C=O) groups is 1. The Morgan fingerprint density at radius 2 is 2.20 bits per heavy atom. The molecule has 0 aromatic carbocycles. The van der Waals surface area contributed by atoms with Crippen LogP contribution >= 0.6 is 15.9 Å². The minimum atomic E-state index is 0.122. The summed E-state index contributed by atoms with van der Waals surface area (Å²) in [6.45, 7) is 2.95. The summed E-state index contributed by atoms with van der Waals surface area (Å²) in [5, 5.41) is 0. The smallest absolute Gasteiger partial charge is 0.255 e. The second-order valence-electron chi connectivity index (χ2n) is 5.86. The third-order valence-corrected chi connectivity index (χ3v) is 5.08. The van der Waals surface area contributed by atoms with Crippen LogP contribution in [-0.2, 0) is 0 Å². The molecule has 1 aromatic heterocycles. The van der Waals surface area contributed by atoms with Crippen LogP contribution in [0.2, 0.25) is 0 Å². The quantitative estimate of drug-likeness (QED) is 0.738. The minimum Gasteiger partial charge on any atom is -0.338 e. The summed E-state index contributed by atoms with van der Waals surface area (Å²) in [7, 11) is 2.22. The van der Waals surface area contributed by atoms with Crippen LogP contribution in [0.1, 0.15) is 29.6 Å². The molecule has 0 saturated carbocycles. The molecule has 2 aliphatic rings. The zero-order valence-electron chi connectivity index (χ0n) is 11.8. The van der Waals surface area contributed by atoms with E-state index >= 15 is 0 Å². The molecule has 2 fully saturated rings. The lowest BCUT2D eigenvalue weighted by Gasteiger charge is -2.45. The number of rotatable bonds is 1. The van der Waals surface area contributed by atoms with Gasteiger partial charge in [-0.3, -0.25) is 4.79 Å². The summed E-state index contributed by atoms with van der Waals surface area (Å²) in [6, 6.07) is 4.34. The van der Waals surface area contributed by atoms with Gasteiger partial charge < -0.3 is 9.80 Å². The fraction of sp³-hybridized carbons (Fsp3) is 0.600. The number of piperidine rings is 2. The van der Waals surface area contributed by atoms with Gasteiger partial charge in [0.1, 0.15) is 4.60 Å². The lowest BCUT2D eigenvalue weighted by Crippen LogP contribution is -2.53. The molecule has 2 aliphatic heterocycles. The van der Waals surface area contributed by atoms with Gasteiger partial charge in [-0.05, 0) is 66.8 Å². The summed E-state index contributed by atoms with van der Waals surface area (Å²) in [6.07, 6.45) is 5.25. The van der Waals surface area contributed by atoms with Crippen molar-refractivity contribution in [3.63, 3.8) is 0 Å². The van der Waals surface area contributed by atoms with Gasteiger partial charge in [0.25, 0.3) is 5.91 Å². The van der Waals surface area contributed by atoms with Crippen molar-refractivity contribution in [3.8, 4) is 0 Å². The monoisotopic (exact) mass is 337 g/mol. The third kappa shape index (κ3) is 2.74. The average Bonchev–Trinajstić information content (AvgIpc) is 2.47. The Labute approximate surface area is 128 Å². The van der Waals surface area contributed by atoms with Crippen molar-refractivity contribution in [2.75, 3.05) is 26.7 Å². The van der Waals surface area contributed by atoms with Crippen molar-refractivity contribution < 1.29 is 4.79 Å². The molecule has 0 bridgehead atoms. The summed E-state index contributed by atoms with van der Waals surface area (Å²) in [5.74, 6) is 0.756. The SMILES string of the molecule is CN1CCCC2CN(C(=O)c3ccc(Br)nc3)CCC21. The lowest BCUT2D eigenvalue weighted by molar-refractivity contribution is 0.0316. The molecule has 3 heterocycles. The Morgan fingerprint density at radius 3 is 2.95 bits per heavy atom. The Balaban J connectivity index is 1.69. The van der Waals surface area contributed by atoms with E-state index in [2.05, 4.69) is 32.9 Å². The largest absolute Gasteiger partial charge is 0.338 e. The first kappa shape index (κ1) is 14.0. The maximum absolute atomic E-state index is 12.5. The first-order valence-electron chi connectivity index (χ1n) is 7.26. The molecular weight excluding hydrogens is 318 g/mol. The maximum Gasteiger partial charge on any atom is 0.255 e. The summed E-state index contributed by atoms with van der Waals surface area (Å²) in [5.41, 5.74) is 0.691. The highest BCUT2D eigenvalue weighted by molar-refractivity contribution is 9.10. The van der Waals surface area contributed by atoms with Crippen molar-refractivity contribution in [3.05, 3.63) is 28.5 Å². The molecule has 108 valence electrons. The van der Waals surface area contributed by atoms with Crippen LogP contribution in [0.5, 0.6) is 0 Å². The van der Waals surface area contributed by atoms with Gasteiger partial charge in [0, 0.05) is 25.3 Å². The number of amides is 1. The Morgan fingerprint density at radius 1 is 1.35 bits per heavy atom. The molecule has 2 saturated heterocycles. The molecule has 0 spiro atoms. The normalized spacial score (nSPS) is 27.2. The van der Waals surface area contributed by atoms with Gasteiger partial charge in [-0.2, -0.15) is 0 Å². The summed E-state index contributed by atoms with van der Waals surface area (Å²) >= 11 is 3.30. The van der Waals surface area contributed by atoms with Gasteiger partial charge in [-0.1, -0.05) is 0 Å². The van der Waals surface area contributed by atoms with Gasteiger partial charge in [0.2, 0.25) is 0 Å². The van der Waals surface area contributed by atoms with E-state index < -0.39 is 0 Å². The molecule has 0 aliphatic carbocycles. The van der Waals surface area contributed by atoms with Crippen molar-refractivity contribution in [1.29, 1.82) is 0 Å². The zero-order chi connectivity index (χ0) is 14.1. The van der Waals surface area contributed by atoms with Crippen LogP contribution in [0.3, 0.4) is 0 Å². The van der Waals surface area contributed by atoms with E-state index in [4.69, 9.17) is 0 Å². The van der Waals surface area contributed by atoms with E-state index in [-0.39, 0.29) is 5.91 Å². The predicted octanol–water partition coefficient (Wildman–Crippen LogP) is 2.40. The van der Waals surface area contributed by atoms with Crippen molar-refractivity contribution in [2.45, 2.75) is 25.3 Å². The van der Waals surface area contributed by atoms with E-state index in [1.807, 2.05) is 17.0 Å². The second kappa shape index (κ2) is 5.82. The summed E-state index contributed by atoms with van der Waals surface area (Å²) in [4.78, 5) is 21.1. The van der Waals surface area contributed by atoms with Crippen molar-refractivity contribution in [2.24, 2.45) is 5.92 Å². The average molecular weight is 338 g/mol. The van der Waals surface area contributed by atoms with Gasteiger partial charge in [0.05, 0.1) is 5.56 Å². The molecule has 1 aromatic rings. The van der Waals surface area contributed by atoms with E-state index in [9.17, 15) is 4.79 Å². The Hall–Kier alpha value is -0.940. The van der Waals surface area contributed by atoms with Crippen LogP contribution in [0.15, 0.2) is 22.9 Å². The van der Waals surface area contributed by atoms with Crippen molar-refractivity contribution >= 4 is 21.8 Å². The third-order valence-electron chi connectivity index (χ3n) is 4.61. The summed E-state index contributed by atoms with van der Waals surface area (Å²) < 4.78 is 0.765. The number of likely N-dealkylation sites (tertiary alicyclic amines) is 2. The number of fused-ring (bicyclic) bond motifs is 1. The van der Waals surface area contributed by atoms with Crippen LogP contribution < -0.4 is 0 Å². The van der Waals surface area contributed by atoms with Crippen LogP contribution in [0.25, 0.3) is 0 Å². The standard InChI is InChI=1S/C15H20BrN3O/c1-18-7-2-3-12-10-19(8-6-13(12)18)15(20)11-4-5-14(16)17-9-11/h4-5,9,12-13H,2-3,6-8,10H2,1H3. The molecule has 2 atom stereocenters. The highest BCUT2D eigenvalue weighted by Gasteiger charge is 2.35. The zero-order valence-corrected chi connectivity index (χ0v) is 13.3. The van der Waals surface area contributed by atoms with Gasteiger partial charge >= 0.3 is 0 Å². The Bertz CT molecular complexity index is 490. The van der Waals surface area contributed by atoms with Crippen LogP contribution in [0.4, 0.5) is 0 Å². The second-order valence-corrected chi connectivity index (χ2v) is 6.67. The fourth-order valence-electron chi connectivity index (χ4n) is 3.52. The topological polar surface area (TPSA) is 36.4 Å².